The second-order valence-electron chi connectivity index (χ2n) is 5.70. The molecule has 22 heavy (non-hydrogen) atoms. The van der Waals surface area contributed by atoms with Crippen molar-refractivity contribution >= 4 is 11.9 Å². The highest BCUT2D eigenvalue weighted by atomic mass is 16.7. The second kappa shape index (κ2) is 5.83. The Balaban J connectivity index is 1.72. The first-order chi connectivity index (χ1) is 10.6. The molecule has 1 aromatic carbocycles. The Bertz CT molecular complexity index is 589. The van der Waals surface area contributed by atoms with Crippen LogP contribution in [-0.2, 0) is 25.5 Å². The van der Waals surface area contributed by atoms with Gasteiger partial charge < -0.3 is 14.6 Å². The third-order valence-corrected chi connectivity index (χ3v) is 4.11. The van der Waals surface area contributed by atoms with Crippen molar-refractivity contribution in [3.05, 3.63) is 47.2 Å². The number of esters is 2. The van der Waals surface area contributed by atoms with E-state index in [0.717, 1.165) is 18.4 Å². The summed E-state index contributed by atoms with van der Waals surface area (Å²) in [5.41, 5.74) is 0.646. The van der Waals surface area contributed by atoms with E-state index in [4.69, 9.17) is 9.47 Å². The average molecular weight is 302 g/mol. The first kappa shape index (κ1) is 14.6. The van der Waals surface area contributed by atoms with E-state index >= 15 is 0 Å². The van der Waals surface area contributed by atoms with Crippen LogP contribution >= 0.6 is 0 Å². The highest BCUT2D eigenvalue weighted by Crippen LogP contribution is 2.38. The maximum atomic E-state index is 12.1. The van der Waals surface area contributed by atoms with E-state index in [9.17, 15) is 14.7 Å². The number of aliphatic hydroxyl groups is 1. The summed E-state index contributed by atoms with van der Waals surface area (Å²) in [6.07, 6.45) is 3.50. The zero-order valence-electron chi connectivity index (χ0n) is 12.2. The van der Waals surface area contributed by atoms with E-state index in [1.54, 1.807) is 0 Å². The summed E-state index contributed by atoms with van der Waals surface area (Å²) in [4.78, 5) is 24.2. The third-order valence-electron chi connectivity index (χ3n) is 4.11. The molecule has 1 saturated carbocycles. The highest BCUT2D eigenvalue weighted by molar-refractivity contribution is 6.15. The summed E-state index contributed by atoms with van der Waals surface area (Å²) in [5, 5.41) is 10.1. The number of ether oxygens (including phenoxy) is 2. The molecule has 1 spiro atoms. The molecular formula is C17H18O5. The van der Waals surface area contributed by atoms with Gasteiger partial charge in [-0.15, -0.1) is 0 Å². The van der Waals surface area contributed by atoms with Crippen molar-refractivity contribution in [1.29, 1.82) is 0 Å². The van der Waals surface area contributed by atoms with Crippen LogP contribution in [0.2, 0.25) is 0 Å². The summed E-state index contributed by atoms with van der Waals surface area (Å²) >= 11 is 0. The zero-order chi connectivity index (χ0) is 15.6. The van der Waals surface area contributed by atoms with Crippen LogP contribution in [-0.4, -0.2) is 22.8 Å². The molecule has 5 heteroatoms. The highest BCUT2D eigenvalue weighted by Gasteiger charge is 2.49. The monoisotopic (exact) mass is 302 g/mol. The van der Waals surface area contributed by atoms with Crippen LogP contribution in [0.5, 0.6) is 0 Å². The molecule has 1 N–H and O–H groups in total. The molecule has 1 aromatic rings. The summed E-state index contributed by atoms with van der Waals surface area (Å²) in [7, 11) is 0. The fourth-order valence-electron chi connectivity index (χ4n) is 2.93. The summed E-state index contributed by atoms with van der Waals surface area (Å²) in [5.74, 6) is -2.92. The number of aryl methyl sites for hydroxylation is 1. The van der Waals surface area contributed by atoms with Gasteiger partial charge in [-0.2, -0.15) is 0 Å². The zero-order valence-corrected chi connectivity index (χ0v) is 12.2. The number of rotatable bonds is 3. The first-order valence-corrected chi connectivity index (χ1v) is 7.52. The van der Waals surface area contributed by atoms with Gasteiger partial charge in [0, 0.05) is 19.3 Å². The number of carbonyl (C=O) groups is 2. The van der Waals surface area contributed by atoms with Crippen molar-refractivity contribution in [2.24, 2.45) is 0 Å². The number of aliphatic hydroxyl groups excluding tert-OH is 1. The Morgan fingerprint density at radius 2 is 1.64 bits per heavy atom. The molecule has 1 aliphatic heterocycles. The van der Waals surface area contributed by atoms with E-state index in [2.05, 4.69) is 0 Å². The van der Waals surface area contributed by atoms with E-state index in [1.165, 1.54) is 0 Å². The summed E-state index contributed by atoms with van der Waals surface area (Å²) < 4.78 is 10.6. The van der Waals surface area contributed by atoms with Gasteiger partial charge >= 0.3 is 11.9 Å². The molecule has 0 radical (unpaired) electrons. The Morgan fingerprint density at radius 1 is 1.05 bits per heavy atom. The van der Waals surface area contributed by atoms with E-state index < -0.39 is 17.7 Å². The standard InChI is InChI=1S/C17H18O5/c18-13(9-8-12-6-2-1-3-7-12)14-15(19)21-17(22-16(14)20)10-4-5-11-17/h1-3,6-7,18H,4-5,8-11H2. The topological polar surface area (TPSA) is 72.8 Å². The van der Waals surface area contributed by atoms with Gasteiger partial charge in [0.2, 0.25) is 0 Å². The summed E-state index contributed by atoms with van der Waals surface area (Å²) in [6, 6.07) is 9.53. The molecular weight excluding hydrogens is 284 g/mol. The molecule has 1 aliphatic carbocycles. The molecule has 0 amide bonds. The van der Waals surface area contributed by atoms with Gasteiger partial charge in [0.25, 0.3) is 5.79 Å². The maximum Gasteiger partial charge on any atom is 0.352 e. The van der Waals surface area contributed by atoms with E-state index in [0.29, 0.717) is 19.3 Å². The van der Waals surface area contributed by atoms with Crippen LogP contribution in [0.3, 0.4) is 0 Å². The number of allylic oxidation sites excluding steroid dienone is 1. The van der Waals surface area contributed by atoms with Crippen molar-refractivity contribution in [1.82, 2.24) is 0 Å². The van der Waals surface area contributed by atoms with Gasteiger partial charge in [0.1, 0.15) is 5.76 Å². The van der Waals surface area contributed by atoms with Gasteiger partial charge in [0.05, 0.1) is 0 Å². The number of carbonyl (C=O) groups excluding carboxylic acids is 2. The average Bonchev–Trinajstić information content (AvgIpc) is 2.93. The van der Waals surface area contributed by atoms with Crippen molar-refractivity contribution in [3.8, 4) is 0 Å². The van der Waals surface area contributed by atoms with Gasteiger partial charge in [0.15, 0.2) is 5.57 Å². The molecule has 3 rings (SSSR count). The predicted octanol–water partition coefficient (Wildman–Crippen LogP) is 2.80. The molecule has 0 atom stereocenters. The number of hydrogen-bond donors (Lipinski definition) is 1. The van der Waals surface area contributed by atoms with Gasteiger partial charge in [-0.3, -0.25) is 0 Å². The molecule has 0 bridgehead atoms. The van der Waals surface area contributed by atoms with Crippen LogP contribution < -0.4 is 0 Å². The van der Waals surface area contributed by atoms with Crippen LogP contribution in [0.1, 0.15) is 37.7 Å². The van der Waals surface area contributed by atoms with Crippen LogP contribution in [0.15, 0.2) is 41.7 Å². The van der Waals surface area contributed by atoms with Gasteiger partial charge in [-0.25, -0.2) is 9.59 Å². The first-order valence-electron chi connectivity index (χ1n) is 7.52. The van der Waals surface area contributed by atoms with E-state index in [1.807, 2.05) is 30.3 Å². The van der Waals surface area contributed by atoms with Crippen LogP contribution in [0.4, 0.5) is 0 Å². The SMILES string of the molecule is O=C1OC2(CCCC2)OC(=O)C1=C(O)CCc1ccccc1. The lowest BCUT2D eigenvalue weighted by Gasteiger charge is -2.33. The Morgan fingerprint density at radius 3 is 2.23 bits per heavy atom. The van der Waals surface area contributed by atoms with Gasteiger partial charge in [-0.1, -0.05) is 30.3 Å². The lowest BCUT2D eigenvalue weighted by molar-refractivity contribution is -0.233. The lowest BCUT2D eigenvalue weighted by Crippen LogP contribution is -2.45. The second-order valence-corrected chi connectivity index (χ2v) is 5.70. The Hall–Kier alpha value is -2.30. The van der Waals surface area contributed by atoms with E-state index in [-0.39, 0.29) is 17.8 Å². The lowest BCUT2D eigenvalue weighted by atomic mass is 10.1. The fourth-order valence-corrected chi connectivity index (χ4v) is 2.93. The Labute approximate surface area is 128 Å². The minimum absolute atomic E-state index is 0.191. The van der Waals surface area contributed by atoms with Crippen molar-refractivity contribution in [2.45, 2.75) is 44.3 Å². The molecule has 2 fully saturated rings. The normalized spacial score (nSPS) is 19.9. The smallest absolute Gasteiger partial charge is 0.352 e. The minimum atomic E-state index is -1.10. The van der Waals surface area contributed by atoms with Crippen LogP contribution in [0.25, 0.3) is 0 Å². The molecule has 0 aromatic heterocycles. The van der Waals surface area contributed by atoms with Crippen molar-refractivity contribution in [2.75, 3.05) is 0 Å². The Kier molecular flexibility index (Phi) is 3.88. The molecule has 2 aliphatic rings. The van der Waals surface area contributed by atoms with Crippen molar-refractivity contribution < 1.29 is 24.2 Å². The minimum Gasteiger partial charge on any atom is -0.511 e. The molecule has 1 saturated heterocycles. The molecule has 1 heterocycles. The molecule has 116 valence electrons. The number of hydrogen-bond acceptors (Lipinski definition) is 5. The fraction of sp³-hybridized carbons (Fsp3) is 0.412. The molecule has 5 nitrogen and oxygen atoms in total. The van der Waals surface area contributed by atoms with Crippen LogP contribution in [0, 0.1) is 0 Å². The van der Waals surface area contributed by atoms with Crippen molar-refractivity contribution in [3.63, 3.8) is 0 Å². The van der Waals surface area contributed by atoms with Gasteiger partial charge in [-0.05, 0) is 24.8 Å². The quantitative estimate of drug-likeness (QED) is 0.402. The summed E-state index contributed by atoms with van der Waals surface area (Å²) in [6.45, 7) is 0. The molecule has 0 unspecified atom stereocenters. The third kappa shape index (κ3) is 2.84. The maximum absolute atomic E-state index is 12.1. The number of benzene rings is 1. The largest absolute Gasteiger partial charge is 0.511 e. The predicted molar refractivity (Wildman–Crippen MR) is 77.8 cm³/mol.